The molecular weight excluding hydrogens is 430 g/mol. The van der Waals surface area contributed by atoms with E-state index in [1.165, 1.54) is 18.1 Å². The molecule has 0 aromatic heterocycles. The standard InChI is InChI=1S/C17H23N3O2.C8H10.2CH2O/c1-12-11-19(3)9-8-16(12)17(22)20(4)15-7-5-6-14(10-15)18-13(2)21;1-7-3-5-8(2)6-4-7;2*1-2/h5-7,10H,8-9,11H2,1-4H3,(H,18,21);3-6H,1-2H3;2*1H2. The fourth-order valence-corrected chi connectivity index (χ4v) is 3.34. The lowest BCUT2D eigenvalue weighted by Gasteiger charge is -2.28. The van der Waals surface area contributed by atoms with Crippen LogP contribution in [0.3, 0.4) is 0 Å². The van der Waals surface area contributed by atoms with Gasteiger partial charge < -0.3 is 24.7 Å². The average Bonchev–Trinajstić information content (AvgIpc) is 2.83. The first-order valence-corrected chi connectivity index (χ1v) is 10.8. The molecule has 184 valence electrons. The topological polar surface area (TPSA) is 86.8 Å². The van der Waals surface area contributed by atoms with E-state index in [-0.39, 0.29) is 11.8 Å². The van der Waals surface area contributed by atoms with Crippen LogP contribution in [0.15, 0.2) is 59.7 Å². The Hall–Kier alpha value is -3.58. The molecule has 2 aromatic carbocycles. The number of carbonyl (C=O) groups is 4. The number of nitrogens with zero attached hydrogens (tertiary/aromatic N) is 2. The van der Waals surface area contributed by atoms with Gasteiger partial charge in [0.05, 0.1) is 0 Å². The highest BCUT2D eigenvalue weighted by molar-refractivity contribution is 6.06. The molecule has 0 radical (unpaired) electrons. The van der Waals surface area contributed by atoms with Gasteiger partial charge in [0.1, 0.15) is 13.6 Å². The number of rotatable bonds is 3. The van der Waals surface area contributed by atoms with E-state index in [0.29, 0.717) is 5.69 Å². The van der Waals surface area contributed by atoms with Crippen LogP contribution < -0.4 is 10.2 Å². The maximum Gasteiger partial charge on any atom is 0.253 e. The first-order valence-electron chi connectivity index (χ1n) is 10.8. The molecule has 0 spiro atoms. The Morgan fingerprint density at radius 1 is 0.941 bits per heavy atom. The van der Waals surface area contributed by atoms with Crippen molar-refractivity contribution in [1.82, 2.24) is 4.90 Å². The van der Waals surface area contributed by atoms with Crippen LogP contribution in [0, 0.1) is 13.8 Å². The summed E-state index contributed by atoms with van der Waals surface area (Å²) >= 11 is 0. The molecular formula is C27H37N3O4. The molecule has 0 atom stereocenters. The largest absolute Gasteiger partial charge is 0.326 e. The molecule has 0 bridgehead atoms. The number of aryl methyl sites for hydroxylation is 2. The summed E-state index contributed by atoms with van der Waals surface area (Å²) in [6.07, 6.45) is 0.775. The Morgan fingerprint density at radius 2 is 1.47 bits per heavy atom. The monoisotopic (exact) mass is 467 g/mol. The van der Waals surface area contributed by atoms with Crippen LogP contribution in [0.5, 0.6) is 0 Å². The second-order valence-electron chi connectivity index (χ2n) is 8.00. The fraction of sp³-hybridized carbons (Fsp3) is 0.333. The van der Waals surface area contributed by atoms with Gasteiger partial charge in [0.15, 0.2) is 0 Å². The van der Waals surface area contributed by atoms with E-state index in [2.05, 4.69) is 55.4 Å². The van der Waals surface area contributed by atoms with Gasteiger partial charge in [-0.25, -0.2) is 0 Å². The summed E-state index contributed by atoms with van der Waals surface area (Å²) in [6, 6.07) is 15.8. The second kappa shape index (κ2) is 16.1. The molecule has 0 aliphatic carbocycles. The molecule has 0 saturated carbocycles. The molecule has 7 heteroatoms. The number of likely N-dealkylation sites (N-methyl/N-ethyl adjacent to an activating group) is 2. The molecule has 3 rings (SSSR count). The lowest BCUT2D eigenvalue weighted by atomic mass is 10.00. The summed E-state index contributed by atoms with van der Waals surface area (Å²) in [6.45, 7) is 13.4. The van der Waals surface area contributed by atoms with E-state index in [9.17, 15) is 9.59 Å². The summed E-state index contributed by atoms with van der Waals surface area (Å²) in [5, 5.41) is 2.74. The van der Waals surface area contributed by atoms with Crippen LogP contribution in [0.4, 0.5) is 11.4 Å². The minimum absolute atomic E-state index is 0.0329. The van der Waals surface area contributed by atoms with Crippen molar-refractivity contribution in [1.29, 1.82) is 0 Å². The summed E-state index contributed by atoms with van der Waals surface area (Å²) in [7, 11) is 3.83. The minimum Gasteiger partial charge on any atom is -0.326 e. The number of nitrogens with one attached hydrogen (secondary N) is 1. The molecule has 2 aromatic rings. The fourth-order valence-electron chi connectivity index (χ4n) is 3.34. The van der Waals surface area contributed by atoms with Crippen molar-refractivity contribution in [3.63, 3.8) is 0 Å². The zero-order valence-corrected chi connectivity index (χ0v) is 21.2. The second-order valence-corrected chi connectivity index (χ2v) is 8.00. The highest BCUT2D eigenvalue weighted by Gasteiger charge is 2.22. The molecule has 0 saturated heterocycles. The molecule has 0 fully saturated rings. The van der Waals surface area contributed by atoms with Gasteiger partial charge in [-0.05, 0) is 52.4 Å². The van der Waals surface area contributed by atoms with Crippen LogP contribution >= 0.6 is 0 Å². The highest BCUT2D eigenvalue weighted by Crippen LogP contribution is 2.24. The molecule has 1 aliphatic rings. The van der Waals surface area contributed by atoms with Crippen molar-refractivity contribution in [3.05, 3.63) is 70.8 Å². The zero-order valence-electron chi connectivity index (χ0n) is 21.2. The summed E-state index contributed by atoms with van der Waals surface area (Å²) in [4.78, 5) is 43.7. The summed E-state index contributed by atoms with van der Waals surface area (Å²) in [5.74, 6) is -0.0921. The number of benzene rings is 2. The Balaban J connectivity index is 0.000000755. The van der Waals surface area contributed by atoms with E-state index < -0.39 is 0 Å². The van der Waals surface area contributed by atoms with Crippen molar-refractivity contribution in [3.8, 4) is 0 Å². The van der Waals surface area contributed by atoms with Crippen molar-refractivity contribution in [2.45, 2.75) is 34.1 Å². The lowest BCUT2D eigenvalue weighted by molar-refractivity contribution is -0.115. The predicted octanol–water partition coefficient (Wildman–Crippen LogP) is 4.19. The van der Waals surface area contributed by atoms with Crippen LogP contribution in [-0.4, -0.2) is 57.5 Å². The number of carbonyl (C=O) groups excluding carboxylic acids is 4. The van der Waals surface area contributed by atoms with E-state index in [0.717, 1.165) is 36.3 Å². The van der Waals surface area contributed by atoms with Crippen molar-refractivity contribution in [2.75, 3.05) is 37.4 Å². The van der Waals surface area contributed by atoms with Gasteiger partial charge in [-0.1, -0.05) is 47.0 Å². The van der Waals surface area contributed by atoms with Crippen molar-refractivity contribution < 1.29 is 19.2 Å². The molecule has 0 unspecified atom stereocenters. The Bertz CT molecular complexity index is 932. The third kappa shape index (κ3) is 10.4. The molecule has 1 heterocycles. The molecule has 1 N–H and O–H groups in total. The predicted molar refractivity (Wildman–Crippen MR) is 139 cm³/mol. The van der Waals surface area contributed by atoms with Gasteiger partial charge in [0.25, 0.3) is 5.91 Å². The van der Waals surface area contributed by atoms with Gasteiger partial charge >= 0.3 is 0 Å². The molecule has 2 amide bonds. The van der Waals surface area contributed by atoms with E-state index in [1.807, 2.05) is 44.8 Å². The normalized spacial score (nSPS) is 12.5. The van der Waals surface area contributed by atoms with E-state index in [4.69, 9.17) is 9.59 Å². The average molecular weight is 468 g/mol. The lowest BCUT2D eigenvalue weighted by Crippen LogP contribution is -2.35. The van der Waals surface area contributed by atoms with Gasteiger partial charge in [-0.3, -0.25) is 9.59 Å². The molecule has 1 aliphatic heterocycles. The summed E-state index contributed by atoms with van der Waals surface area (Å²) in [5.41, 5.74) is 6.15. The first kappa shape index (κ1) is 30.4. The van der Waals surface area contributed by atoms with E-state index in [1.54, 1.807) is 11.9 Å². The van der Waals surface area contributed by atoms with Crippen molar-refractivity contribution >= 4 is 36.8 Å². The number of anilines is 2. The van der Waals surface area contributed by atoms with E-state index >= 15 is 0 Å². The number of hydrogen-bond acceptors (Lipinski definition) is 5. The van der Waals surface area contributed by atoms with Crippen LogP contribution in [0.2, 0.25) is 0 Å². The summed E-state index contributed by atoms with van der Waals surface area (Å²) < 4.78 is 0. The highest BCUT2D eigenvalue weighted by atomic mass is 16.2. The molecule has 34 heavy (non-hydrogen) atoms. The Morgan fingerprint density at radius 3 is 1.94 bits per heavy atom. The SMILES string of the molecule is C=O.C=O.CC(=O)Nc1cccc(N(C)C(=O)C2=C(C)CN(C)CC2)c1.Cc1ccc(C)cc1. The van der Waals surface area contributed by atoms with Gasteiger partial charge in [-0.2, -0.15) is 0 Å². The third-order valence-electron chi connectivity index (χ3n) is 5.10. The Kier molecular flexibility index (Phi) is 14.4. The first-order chi connectivity index (χ1) is 16.2. The zero-order chi connectivity index (χ0) is 26.3. The van der Waals surface area contributed by atoms with Crippen LogP contribution in [0.25, 0.3) is 0 Å². The molecule has 7 nitrogen and oxygen atoms in total. The maximum atomic E-state index is 12.7. The maximum absolute atomic E-state index is 12.7. The van der Waals surface area contributed by atoms with Gasteiger partial charge in [-0.15, -0.1) is 0 Å². The quantitative estimate of drug-likeness (QED) is 0.731. The number of amides is 2. The van der Waals surface area contributed by atoms with Gasteiger partial charge in [0, 0.05) is 44.0 Å². The number of hydrogen-bond donors (Lipinski definition) is 1. The van der Waals surface area contributed by atoms with Gasteiger partial charge in [0.2, 0.25) is 5.91 Å². The van der Waals surface area contributed by atoms with Crippen LogP contribution in [0.1, 0.15) is 31.4 Å². The van der Waals surface area contributed by atoms with Crippen LogP contribution in [-0.2, 0) is 19.2 Å². The Labute approximate surface area is 203 Å². The minimum atomic E-state index is -0.125. The third-order valence-corrected chi connectivity index (χ3v) is 5.10. The smallest absolute Gasteiger partial charge is 0.253 e. The van der Waals surface area contributed by atoms with Crippen molar-refractivity contribution in [2.24, 2.45) is 0 Å².